The van der Waals surface area contributed by atoms with Crippen LogP contribution in [0.3, 0.4) is 0 Å². The molecule has 0 fully saturated rings. The summed E-state index contributed by atoms with van der Waals surface area (Å²) < 4.78 is 8.16. The maximum Gasteiger partial charge on any atom is 0.166 e. The molecular weight excluding hydrogens is 270 g/mol. The highest BCUT2D eigenvalue weighted by atomic mass is 32.2. The number of benzene rings is 1. The maximum absolute atomic E-state index is 5.99. The van der Waals surface area contributed by atoms with Crippen LogP contribution in [-0.2, 0) is 10.5 Å². The first-order chi connectivity index (χ1) is 9.70. The van der Waals surface area contributed by atoms with Crippen molar-refractivity contribution in [2.45, 2.75) is 50.0 Å². The zero-order chi connectivity index (χ0) is 14.1. The zero-order valence-electron chi connectivity index (χ0n) is 12.0. The van der Waals surface area contributed by atoms with Gasteiger partial charge in [-0.25, -0.2) is 0 Å². The Kier molecular flexibility index (Phi) is 3.81. The highest BCUT2D eigenvalue weighted by molar-refractivity contribution is 7.98. The standard InChI is InChI=1S/C15H19N3OS/c1-4-12(19-10(2)3)15-17-16-14-9-20-13-8-6-5-7-11(13)18(14)15/h5-8,10,12H,4,9H2,1-3H3. The number of fused-ring (bicyclic) bond motifs is 3. The fraction of sp³-hybridized carbons (Fsp3) is 0.467. The average molecular weight is 289 g/mol. The van der Waals surface area contributed by atoms with E-state index in [2.05, 4.69) is 59.8 Å². The molecule has 1 aliphatic heterocycles. The van der Waals surface area contributed by atoms with E-state index in [1.165, 1.54) is 10.6 Å². The van der Waals surface area contributed by atoms with Crippen LogP contribution in [0, 0.1) is 0 Å². The van der Waals surface area contributed by atoms with E-state index in [9.17, 15) is 0 Å². The van der Waals surface area contributed by atoms with Crippen molar-refractivity contribution in [2.75, 3.05) is 0 Å². The lowest BCUT2D eigenvalue weighted by molar-refractivity contribution is -0.00161. The van der Waals surface area contributed by atoms with Crippen LogP contribution in [0.15, 0.2) is 29.2 Å². The van der Waals surface area contributed by atoms with Gasteiger partial charge in [0.2, 0.25) is 0 Å². The molecule has 1 unspecified atom stereocenters. The predicted octanol–water partition coefficient (Wildman–Crippen LogP) is 3.75. The first-order valence-electron chi connectivity index (χ1n) is 7.02. The molecule has 1 aromatic heterocycles. The molecule has 2 aromatic rings. The molecule has 0 spiro atoms. The van der Waals surface area contributed by atoms with Gasteiger partial charge in [-0.05, 0) is 32.4 Å². The average Bonchev–Trinajstić information content (AvgIpc) is 2.89. The van der Waals surface area contributed by atoms with E-state index in [0.29, 0.717) is 0 Å². The van der Waals surface area contributed by atoms with Crippen LogP contribution in [0.5, 0.6) is 0 Å². The third-order valence-electron chi connectivity index (χ3n) is 3.31. The summed E-state index contributed by atoms with van der Waals surface area (Å²) in [6.45, 7) is 6.23. The Balaban J connectivity index is 2.06. The minimum Gasteiger partial charge on any atom is -0.368 e. The fourth-order valence-electron chi connectivity index (χ4n) is 2.47. The number of thioether (sulfide) groups is 1. The number of nitrogens with zero attached hydrogens (tertiary/aromatic N) is 3. The van der Waals surface area contributed by atoms with Crippen LogP contribution in [0.4, 0.5) is 0 Å². The minimum atomic E-state index is -0.00703. The third-order valence-corrected chi connectivity index (χ3v) is 4.37. The Morgan fingerprint density at radius 3 is 2.85 bits per heavy atom. The van der Waals surface area contributed by atoms with Gasteiger partial charge in [-0.15, -0.1) is 22.0 Å². The van der Waals surface area contributed by atoms with Crippen LogP contribution in [0.1, 0.15) is 44.9 Å². The SMILES string of the molecule is CCC(OC(C)C)c1nnc2n1-c1ccccc1SC2. The minimum absolute atomic E-state index is 0.00703. The van der Waals surface area contributed by atoms with Gasteiger partial charge in [0.25, 0.3) is 0 Å². The van der Waals surface area contributed by atoms with Gasteiger partial charge in [-0.2, -0.15) is 0 Å². The molecule has 0 amide bonds. The smallest absolute Gasteiger partial charge is 0.166 e. The van der Waals surface area contributed by atoms with Crippen molar-refractivity contribution in [3.05, 3.63) is 35.9 Å². The van der Waals surface area contributed by atoms with Crippen molar-refractivity contribution in [3.63, 3.8) is 0 Å². The van der Waals surface area contributed by atoms with Gasteiger partial charge in [0.05, 0.1) is 17.5 Å². The molecule has 1 aromatic carbocycles. The van der Waals surface area contributed by atoms with Crippen molar-refractivity contribution >= 4 is 11.8 Å². The fourth-order valence-corrected chi connectivity index (χ4v) is 3.42. The Morgan fingerprint density at radius 1 is 1.30 bits per heavy atom. The van der Waals surface area contributed by atoms with Crippen LogP contribution < -0.4 is 0 Å². The lowest BCUT2D eigenvalue weighted by Gasteiger charge is -2.23. The summed E-state index contributed by atoms with van der Waals surface area (Å²) in [5.74, 6) is 2.79. The van der Waals surface area contributed by atoms with E-state index >= 15 is 0 Å². The van der Waals surface area contributed by atoms with E-state index in [1.54, 1.807) is 0 Å². The molecule has 1 atom stereocenters. The van der Waals surface area contributed by atoms with Crippen molar-refractivity contribution < 1.29 is 4.74 Å². The second-order valence-electron chi connectivity index (χ2n) is 5.15. The number of ether oxygens (including phenoxy) is 1. The van der Waals surface area contributed by atoms with E-state index in [0.717, 1.165) is 23.8 Å². The topological polar surface area (TPSA) is 39.9 Å². The molecule has 0 bridgehead atoms. The first kappa shape index (κ1) is 13.6. The van der Waals surface area contributed by atoms with Gasteiger partial charge in [-0.1, -0.05) is 19.1 Å². The van der Waals surface area contributed by atoms with E-state index in [4.69, 9.17) is 4.74 Å². The van der Waals surface area contributed by atoms with Crippen molar-refractivity contribution in [1.29, 1.82) is 0 Å². The summed E-state index contributed by atoms with van der Waals surface area (Å²) in [7, 11) is 0. The molecule has 1 aliphatic rings. The Morgan fingerprint density at radius 2 is 2.10 bits per heavy atom. The monoisotopic (exact) mass is 289 g/mol. The van der Waals surface area contributed by atoms with Crippen molar-refractivity contribution in [3.8, 4) is 5.69 Å². The van der Waals surface area contributed by atoms with Crippen LogP contribution >= 0.6 is 11.8 Å². The van der Waals surface area contributed by atoms with Gasteiger partial charge in [0.1, 0.15) is 11.9 Å². The van der Waals surface area contributed by atoms with Crippen LogP contribution in [0.25, 0.3) is 5.69 Å². The summed E-state index contributed by atoms with van der Waals surface area (Å²) in [5.41, 5.74) is 1.17. The molecule has 2 heterocycles. The summed E-state index contributed by atoms with van der Waals surface area (Å²) >= 11 is 1.81. The number of para-hydroxylation sites is 1. The van der Waals surface area contributed by atoms with Crippen LogP contribution in [0.2, 0.25) is 0 Å². The number of hydrogen-bond donors (Lipinski definition) is 0. The van der Waals surface area contributed by atoms with E-state index < -0.39 is 0 Å². The van der Waals surface area contributed by atoms with Gasteiger partial charge in [0.15, 0.2) is 5.82 Å². The van der Waals surface area contributed by atoms with E-state index in [-0.39, 0.29) is 12.2 Å². The number of aromatic nitrogens is 3. The predicted molar refractivity (Wildman–Crippen MR) is 80.2 cm³/mol. The molecule has 0 saturated carbocycles. The molecule has 20 heavy (non-hydrogen) atoms. The second kappa shape index (κ2) is 5.58. The van der Waals surface area contributed by atoms with Gasteiger partial charge in [-0.3, -0.25) is 4.57 Å². The zero-order valence-corrected chi connectivity index (χ0v) is 12.9. The molecule has 0 radical (unpaired) electrons. The summed E-state index contributed by atoms with van der Waals surface area (Å²) in [4.78, 5) is 1.28. The largest absolute Gasteiger partial charge is 0.368 e. The first-order valence-corrected chi connectivity index (χ1v) is 8.01. The highest BCUT2D eigenvalue weighted by Crippen LogP contribution is 2.37. The Bertz CT molecular complexity index is 609. The van der Waals surface area contributed by atoms with Crippen molar-refractivity contribution in [1.82, 2.24) is 14.8 Å². The summed E-state index contributed by atoms with van der Waals surface area (Å²) in [5, 5.41) is 8.74. The van der Waals surface area contributed by atoms with Crippen molar-refractivity contribution in [2.24, 2.45) is 0 Å². The lowest BCUT2D eigenvalue weighted by atomic mass is 10.2. The molecular formula is C15H19N3OS. The molecule has 0 aliphatic carbocycles. The lowest BCUT2D eigenvalue weighted by Crippen LogP contribution is -2.17. The molecule has 4 nitrogen and oxygen atoms in total. The second-order valence-corrected chi connectivity index (χ2v) is 6.17. The molecule has 106 valence electrons. The van der Waals surface area contributed by atoms with E-state index in [1.807, 2.05) is 11.8 Å². The third kappa shape index (κ3) is 2.36. The summed E-state index contributed by atoms with van der Waals surface area (Å²) in [6, 6.07) is 8.40. The quantitative estimate of drug-likeness (QED) is 0.859. The van der Waals surface area contributed by atoms with Gasteiger partial charge < -0.3 is 4.74 Å². The number of rotatable bonds is 4. The normalized spacial score (nSPS) is 15.0. The maximum atomic E-state index is 5.99. The van der Waals surface area contributed by atoms with Gasteiger partial charge >= 0.3 is 0 Å². The van der Waals surface area contributed by atoms with Gasteiger partial charge in [0, 0.05) is 4.90 Å². The molecule has 3 rings (SSSR count). The molecule has 0 N–H and O–H groups in total. The Hall–Kier alpha value is -1.33. The number of hydrogen-bond acceptors (Lipinski definition) is 4. The highest BCUT2D eigenvalue weighted by Gasteiger charge is 2.26. The van der Waals surface area contributed by atoms with Crippen LogP contribution in [-0.4, -0.2) is 20.9 Å². The summed E-state index contributed by atoms with van der Waals surface area (Å²) in [6.07, 6.45) is 1.07. The molecule has 5 heteroatoms. The Labute approximate surface area is 123 Å². The molecule has 0 saturated heterocycles.